The first-order valence-electron chi connectivity index (χ1n) is 41.6. The predicted molar refractivity (Wildman–Crippen MR) is 405 cm³/mol. The Morgan fingerprint density at radius 2 is 0.465 bits per heavy atom. The first-order chi connectivity index (χ1) is 48.0. The monoisotopic (exact) mass is 1450 g/mol. The largest absolute Gasteiger partial charge is 0.472 e. The minimum Gasteiger partial charge on any atom is -0.462 e. The average molecular weight is 1450 g/mol. The van der Waals surface area contributed by atoms with Crippen LogP contribution in [0.25, 0.3) is 0 Å². The van der Waals surface area contributed by atoms with Crippen molar-refractivity contribution >= 4 is 39.5 Å². The van der Waals surface area contributed by atoms with Gasteiger partial charge >= 0.3 is 39.5 Å². The van der Waals surface area contributed by atoms with Gasteiger partial charge in [0.2, 0.25) is 0 Å². The van der Waals surface area contributed by atoms with Crippen molar-refractivity contribution in [2.75, 3.05) is 39.6 Å². The zero-order valence-corrected chi connectivity index (χ0v) is 66.4. The summed E-state index contributed by atoms with van der Waals surface area (Å²) in [7, 11) is -9.92. The molecule has 0 radical (unpaired) electrons. The van der Waals surface area contributed by atoms with Crippen LogP contribution in [0.1, 0.15) is 426 Å². The molecule has 0 bridgehead atoms. The molecule has 0 spiro atoms. The molecule has 19 heteroatoms. The average Bonchev–Trinajstić information content (AvgIpc) is 1.01. The SMILES string of the molecule is CCCCCCCCCCCCCCCCCCCCCCCC(=O)O[C@H](COC(=O)CCCCCCCCCCCCCCCC)COP(=O)(O)OC[C@@H](O)COP(=O)(O)OC[C@@H](COC(=O)CCCCCCCCCCCCC)OC(=O)CCCCCCCCCCCCC(C)C. The molecule has 17 nitrogen and oxygen atoms in total. The summed E-state index contributed by atoms with van der Waals surface area (Å²) in [5, 5.41) is 10.6. The van der Waals surface area contributed by atoms with Crippen LogP contribution in [0.2, 0.25) is 0 Å². The number of esters is 4. The molecule has 0 aliphatic carbocycles. The van der Waals surface area contributed by atoms with Gasteiger partial charge in [0.1, 0.15) is 19.3 Å². The lowest BCUT2D eigenvalue weighted by Gasteiger charge is -2.21. The van der Waals surface area contributed by atoms with Gasteiger partial charge in [0.15, 0.2) is 12.2 Å². The van der Waals surface area contributed by atoms with E-state index in [1.165, 1.54) is 250 Å². The zero-order valence-electron chi connectivity index (χ0n) is 64.6. The Labute approximate surface area is 607 Å². The summed E-state index contributed by atoms with van der Waals surface area (Å²) in [6, 6.07) is 0. The maximum Gasteiger partial charge on any atom is 0.472 e. The van der Waals surface area contributed by atoms with Gasteiger partial charge in [-0.15, -0.1) is 0 Å². The Hall–Kier alpha value is -1.94. The Morgan fingerprint density at radius 1 is 0.273 bits per heavy atom. The molecular formula is C80H156O17P2. The summed E-state index contributed by atoms with van der Waals surface area (Å²) < 4.78 is 68.7. The quantitative estimate of drug-likeness (QED) is 0.0222. The van der Waals surface area contributed by atoms with Crippen molar-refractivity contribution in [2.24, 2.45) is 5.92 Å². The van der Waals surface area contributed by atoms with Gasteiger partial charge < -0.3 is 33.8 Å². The van der Waals surface area contributed by atoms with E-state index < -0.39 is 97.5 Å². The Balaban J connectivity index is 5.22. The number of aliphatic hydroxyl groups excluding tert-OH is 1. The second kappa shape index (κ2) is 73.0. The topological polar surface area (TPSA) is 237 Å². The van der Waals surface area contributed by atoms with Crippen LogP contribution in [0.5, 0.6) is 0 Å². The van der Waals surface area contributed by atoms with Crippen molar-refractivity contribution in [3.63, 3.8) is 0 Å². The number of phosphoric acid groups is 2. The van der Waals surface area contributed by atoms with Crippen LogP contribution in [-0.4, -0.2) is 96.7 Å². The van der Waals surface area contributed by atoms with Gasteiger partial charge in [0.05, 0.1) is 26.4 Å². The number of phosphoric ester groups is 2. The number of unbranched alkanes of at least 4 members (excludes halogenated alkanes) is 52. The number of ether oxygens (including phenoxy) is 4. The normalized spacial score (nSPS) is 13.9. The van der Waals surface area contributed by atoms with Crippen molar-refractivity contribution in [1.29, 1.82) is 0 Å². The molecule has 0 aromatic heterocycles. The summed E-state index contributed by atoms with van der Waals surface area (Å²) >= 11 is 0. The van der Waals surface area contributed by atoms with Crippen LogP contribution in [-0.2, 0) is 65.4 Å². The number of carbonyl (C=O) groups is 4. The Kier molecular flexibility index (Phi) is 71.6. The standard InChI is InChI=1S/C80H156O17P2/c1-6-9-12-15-18-21-24-26-28-29-30-31-32-33-34-36-39-45-50-55-60-65-79(84)96-75(70-91-78(83)64-59-54-49-44-38-35-27-25-22-19-16-13-10-7-2)71-94-98(86,87)92-67-74(81)68-93-99(88,89)95-72-76(69-90-77(82)63-58-53-48-43-37-23-20-17-14-11-8-3)97-80(85)66-61-56-51-46-41-40-42-47-52-57-62-73(4)5/h73-76,81H,6-72H2,1-5H3,(H,86,87)(H,88,89)/t74-,75-,76-/m1/s1. The van der Waals surface area contributed by atoms with Gasteiger partial charge in [-0.2, -0.15) is 0 Å². The van der Waals surface area contributed by atoms with Crippen LogP contribution in [0.4, 0.5) is 0 Å². The van der Waals surface area contributed by atoms with Crippen LogP contribution >= 0.6 is 15.6 Å². The highest BCUT2D eigenvalue weighted by atomic mass is 31.2. The molecule has 588 valence electrons. The molecule has 3 N–H and O–H groups in total. The van der Waals surface area contributed by atoms with Crippen molar-refractivity contribution in [1.82, 2.24) is 0 Å². The molecule has 0 saturated carbocycles. The summed E-state index contributed by atoms with van der Waals surface area (Å²) in [5.41, 5.74) is 0. The van der Waals surface area contributed by atoms with Crippen molar-refractivity contribution in [3.8, 4) is 0 Å². The van der Waals surface area contributed by atoms with Crippen molar-refractivity contribution < 1.29 is 80.2 Å². The molecule has 2 unspecified atom stereocenters. The van der Waals surface area contributed by atoms with E-state index in [1.807, 2.05) is 0 Å². The molecule has 0 aliphatic rings. The minimum atomic E-state index is -4.96. The second-order valence-corrected chi connectivity index (χ2v) is 32.2. The van der Waals surface area contributed by atoms with E-state index in [9.17, 15) is 43.2 Å². The first kappa shape index (κ1) is 97.1. The lowest BCUT2D eigenvalue weighted by atomic mass is 10.0. The zero-order chi connectivity index (χ0) is 72.7. The van der Waals surface area contributed by atoms with Crippen LogP contribution in [0, 0.1) is 5.92 Å². The third-order valence-electron chi connectivity index (χ3n) is 18.8. The lowest BCUT2D eigenvalue weighted by Crippen LogP contribution is -2.30. The number of aliphatic hydroxyl groups is 1. The number of hydrogen-bond acceptors (Lipinski definition) is 15. The fraction of sp³-hybridized carbons (Fsp3) is 0.950. The first-order valence-corrected chi connectivity index (χ1v) is 44.6. The predicted octanol–water partition coefficient (Wildman–Crippen LogP) is 24.0. The maximum absolute atomic E-state index is 13.1. The van der Waals surface area contributed by atoms with E-state index >= 15 is 0 Å². The van der Waals surface area contributed by atoms with E-state index in [2.05, 4.69) is 34.6 Å². The fourth-order valence-corrected chi connectivity index (χ4v) is 14.0. The molecule has 0 fully saturated rings. The van der Waals surface area contributed by atoms with Crippen LogP contribution in [0.3, 0.4) is 0 Å². The molecule has 0 amide bonds. The van der Waals surface area contributed by atoms with Crippen molar-refractivity contribution in [3.05, 3.63) is 0 Å². The van der Waals surface area contributed by atoms with Gasteiger partial charge in [0.25, 0.3) is 0 Å². The van der Waals surface area contributed by atoms with E-state index in [-0.39, 0.29) is 25.7 Å². The smallest absolute Gasteiger partial charge is 0.462 e. The maximum atomic E-state index is 13.1. The molecule has 0 heterocycles. The fourth-order valence-electron chi connectivity index (χ4n) is 12.4. The van der Waals surface area contributed by atoms with E-state index in [0.29, 0.717) is 25.7 Å². The molecule has 99 heavy (non-hydrogen) atoms. The summed E-state index contributed by atoms with van der Waals surface area (Å²) in [4.78, 5) is 73.0. The Morgan fingerprint density at radius 3 is 0.687 bits per heavy atom. The summed E-state index contributed by atoms with van der Waals surface area (Å²) in [6.45, 7) is 7.31. The molecule has 0 saturated heterocycles. The molecule has 0 aromatic carbocycles. The second-order valence-electron chi connectivity index (χ2n) is 29.3. The number of carbonyl (C=O) groups excluding carboxylic acids is 4. The minimum absolute atomic E-state index is 0.107. The van der Waals surface area contributed by atoms with Gasteiger partial charge in [-0.25, -0.2) is 9.13 Å². The van der Waals surface area contributed by atoms with E-state index in [1.54, 1.807) is 0 Å². The van der Waals surface area contributed by atoms with Gasteiger partial charge in [-0.1, -0.05) is 375 Å². The third kappa shape index (κ3) is 74.1. The van der Waals surface area contributed by atoms with E-state index in [4.69, 9.17) is 37.0 Å². The van der Waals surface area contributed by atoms with Gasteiger partial charge in [0, 0.05) is 25.7 Å². The Bertz CT molecular complexity index is 1890. The molecule has 0 aromatic rings. The molecule has 0 aliphatic heterocycles. The highest BCUT2D eigenvalue weighted by Crippen LogP contribution is 2.45. The van der Waals surface area contributed by atoms with Crippen LogP contribution < -0.4 is 0 Å². The highest BCUT2D eigenvalue weighted by molar-refractivity contribution is 7.47. The van der Waals surface area contributed by atoms with Gasteiger partial charge in [-0.3, -0.25) is 37.3 Å². The molecule has 0 rings (SSSR count). The molecular weight excluding hydrogens is 1290 g/mol. The molecule has 5 atom stereocenters. The summed E-state index contributed by atoms with van der Waals surface area (Å²) in [6.07, 6.45) is 63.8. The van der Waals surface area contributed by atoms with Crippen LogP contribution in [0.15, 0.2) is 0 Å². The van der Waals surface area contributed by atoms with Crippen molar-refractivity contribution in [2.45, 2.75) is 445 Å². The van der Waals surface area contributed by atoms with E-state index in [0.717, 1.165) is 95.8 Å². The number of hydrogen-bond donors (Lipinski definition) is 3. The third-order valence-corrected chi connectivity index (χ3v) is 20.7. The highest BCUT2D eigenvalue weighted by Gasteiger charge is 2.30. The van der Waals surface area contributed by atoms with Gasteiger partial charge in [-0.05, 0) is 31.6 Å². The summed E-state index contributed by atoms with van der Waals surface area (Å²) in [5.74, 6) is -1.36. The number of rotatable bonds is 80. The lowest BCUT2D eigenvalue weighted by molar-refractivity contribution is -0.161.